The van der Waals surface area contributed by atoms with Crippen molar-refractivity contribution in [3.05, 3.63) is 29.3 Å². The molecule has 0 atom stereocenters. The Balaban J connectivity index is 2.45. The van der Waals surface area contributed by atoms with Gasteiger partial charge in [-0.25, -0.2) is 0 Å². The Morgan fingerprint density at radius 1 is 1.11 bits per heavy atom. The molecule has 0 bridgehead atoms. The predicted molar refractivity (Wildman–Crippen MR) is 62.8 cm³/mol. The van der Waals surface area contributed by atoms with Crippen LogP contribution in [-0.2, 0) is 11.8 Å². The number of nitrogen functional groups attached to an aromatic ring is 1. The lowest BCUT2D eigenvalue weighted by Gasteiger charge is -2.34. The molecule has 1 aromatic carbocycles. The highest BCUT2D eigenvalue weighted by molar-refractivity contribution is 5.57. The number of benzene rings is 1. The Morgan fingerprint density at radius 3 is 2.28 bits per heavy atom. The Morgan fingerprint density at radius 2 is 1.72 bits per heavy atom. The van der Waals surface area contributed by atoms with E-state index in [1.807, 2.05) is 0 Å². The summed E-state index contributed by atoms with van der Waals surface area (Å²) in [7, 11) is 0. The molecule has 0 aliphatic heterocycles. The van der Waals surface area contributed by atoms with Gasteiger partial charge in [0.1, 0.15) is 0 Å². The minimum absolute atomic E-state index is 0.219. The lowest BCUT2D eigenvalue weighted by atomic mass is 9.78. The third kappa shape index (κ3) is 2.32. The summed E-state index contributed by atoms with van der Waals surface area (Å²) in [4.78, 5) is 0. The molecule has 1 saturated carbocycles. The van der Waals surface area contributed by atoms with Gasteiger partial charge in [0.15, 0.2) is 0 Å². The first-order valence-corrected chi connectivity index (χ1v) is 6.03. The second kappa shape index (κ2) is 4.46. The summed E-state index contributed by atoms with van der Waals surface area (Å²) in [5, 5.41) is 10.5. The second-order valence-corrected chi connectivity index (χ2v) is 4.86. The van der Waals surface area contributed by atoms with Crippen molar-refractivity contribution in [1.82, 2.24) is 0 Å². The molecule has 2 rings (SSSR count). The fraction of sp³-hybridized carbons (Fsp3) is 0.538. The predicted octanol–water partition coefficient (Wildman–Crippen LogP) is 3.44. The van der Waals surface area contributed by atoms with E-state index in [2.05, 4.69) is 0 Å². The van der Waals surface area contributed by atoms with E-state index in [0.29, 0.717) is 12.8 Å². The van der Waals surface area contributed by atoms with Gasteiger partial charge in [0.2, 0.25) is 0 Å². The number of nitrogens with two attached hydrogens (primary N) is 1. The van der Waals surface area contributed by atoms with E-state index < -0.39 is 17.3 Å². The van der Waals surface area contributed by atoms with Crippen molar-refractivity contribution < 1.29 is 18.3 Å². The van der Waals surface area contributed by atoms with Gasteiger partial charge in [-0.05, 0) is 18.9 Å². The number of hydrogen-bond acceptors (Lipinski definition) is 2. The minimum Gasteiger partial charge on any atom is -0.398 e. The SMILES string of the molecule is Nc1c(C(F)(F)F)cccc1C1(O)CCCCC1. The molecule has 5 heteroatoms. The molecule has 0 heterocycles. The zero-order valence-electron chi connectivity index (χ0n) is 9.93. The zero-order chi connectivity index (χ0) is 13.4. The van der Waals surface area contributed by atoms with Crippen molar-refractivity contribution in [1.29, 1.82) is 0 Å². The van der Waals surface area contributed by atoms with Crippen LogP contribution >= 0.6 is 0 Å². The fourth-order valence-electron chi connectivity index (χ4n) is 2.62. The summed E-state index contributed by atoms with van der Waals surface area (Å²) in [6, 6.07) is 3.75. The van der Waals surface area contributed by atoms with Gasteiger partial charge in [0.25, 0.3) is 0 Å². The number of rotatable bonds is 1. The van der Waals surface area contributed by atoms with Crippen LogP contribution in [0.3, 0.4) is 0 Å². The highest BCUT2D eigenvalue weighted by Gasteiger charge is 2.38. The van der Waals surface area contributed by atoms with Gasteiger partial charge in [-0.1, -0.05) is 31.4 Å². The standard InChI is InChI=1S/C13H16F3NO/c14-13(15,16)10-6-4-5-9(11(10)17)12(18)7-2-1-3-8-12/h4-6,18H,1-3,7-8,17H2. The minimum atomic E-state index is -4.48. The van der Waals surface area contributed by atoms with E-state index in [-0.39, 0.29) is 11.3 Å². The molecule has 0 saturated heterocycles. The van der Waals surface area contributed by atoms with E-state index in [0.717, 1.165) is 25.3 Å². The Kier molecular flexibility index (Phi) is 3.27. The molecule has 1 aliphatic carbocycles. The van der Waals surface area contributed by atoms with Crippen LogP contribution in [0.25, 0.3) is 0 Å². The molecule has 2 nitrogen and oxygen atoms in total. The molecule has 18 heavy (non-hydrogen) atoms. The number of halogens is 3. The molecule has 3 N–H and O–H groups in total. The molecule has 0 radical (unpaired) electrons. The molecule has 1 fully saturated rings. The van der Waals surface area contributed by atoms with Crippen LogP contribution in [0.4, 0.5) is 18.9 Å². The first-order valence-electron chi connectivity index (χ1n) is 6.03. The number of alkyl halides is 3. The summed E-state index contributed by atoms with van der Waals surface area (Å²) in [6.45, 7) is 0. The highest BCUT2D eigenvalue weighted by Crippen LogP contribution is 2.43. The van der Waals surface area contributed by atoms with Crippen molar-refractivity contribution in [3.8, 4) is 0 Å². The van der Waals surface area contributed by atoms with Crippen LogP contribution in [0.5, 0.6) is 0 Å². The topological polar surface area (TPSA) is 46.2 Å². The maximum absolute atomic E-state index is 12.8. The monoisotopic (exact) mass is 259 g/mol. The third-order valence-corrected chi connectivity index (χ3v) is 3.59. The van der Waals surface area contributed by atoms with Crippen LogP contribution in [0.15, 0.2) is 18.2 Å². The van der Waals surface area contributed by atoms with Crippen molar-refractivity contribution in [2.45, 2.75) is 43.9 Å². The molecule has 0 unspecified atom stereocenters. The van der Waals surface area contributed by atoms with Crippen LogP contribution in [-0.4, -0.2) is 5.11 Å². The zero-order valence-corrected chi connectivity index (χ0v) is 9.93. The van der Waals surface area contributed by atoms with E-state index in [1.165, 1.54) is 12.1 Å². The summed E-state index contributed by atoms with van der Waals surface area (Å²) in [5.74, 6) is 0. The summed E-state index contributed by atoms with van der Waals surface area (Å²) in [6.07, 6.45) is -0.915. The smallest absolute Gasteiger partial charge is 0.398 e. The van der Waals surface area contributed by atoms with E-state index >= 15 is 0 Å². The maximum Gasteiger partial charge on any atom is 0.418 e. The fourth-order valence-corrected chi connectivity index (χ4v) is 2.62. The van der Waals surface area contributed by atoms with Crippen LogP contribution in [0.2, 0.25) is 0 Å². The Hall–Kier alpha value is -1.23. The van der Waals surface area contributed by atoms with E-state index in [9.17, 15) is 18.3 Å². The molecular formula is C13H16F3NO. The summed E-state index contributed by atoms with van der Waals surface area (Å²) < 4.78 is 38.3. The largest absolute Gasteiger partial charge is 0.418 e. The Bertz CT molecular complexity index is 436. The quantitative estimate of drug-likeness (QED) is 0.759. The molecule has 0 aromatic heterocycles. The number of anilines is 1. The summed E-state index contributed by atoms with van der Waals surface area (Å²) >= 11 is 0. The number of para-hydroxylation sites is 1. The van der Waals surface area contributed by atoms with Crippen LogP contribution < -0.4 is 5.73 Å². The van der Waals surface area contributed by atoms with Gasteiger partial charge < -0.3 is 10.8 Å². The van der Waals surface area contributed by atoms with Crippen LogP contribution in [0, 0.1) is 0 Å². The average Bonchev–Trinajstić information content (AvgIpc) is 2.28. The lowest BCUT2D eigenvalue weighted by Crippen LogP contribution is -2.30. The lowest BCUT2D eigenvalue weighted by molar-refractivity contribution is -0.137. The Labute approximate surface area is 104 Å². The van der Waals surface area contributed by atoms with Crippen LogP contribution in [0.1, 0.15) is 43.2 Å². The van der Waals surface area contributed by atoms with Gasteiger partial charge in [-0.15, -0.1) is 0 Å². The number of hydrogen-bond donors (Lipinski definition) is 2. The molecule has 100 valence electrons. The van der Waals surface area contributed by atoms with Crippen molar-refractivity contribution in [3.63, 3.8) is 0 Å². The molecular weight excluding hydrogens is 243 g/mol. The first kappa shape index (κ1) is 13.2. The van der Waals surface area contributed by atoms with Crippen molar-refractivity contribution in [2.24, 2.45) is 0 Å². The van der Waals surface area contributed by atoms with Gasteiger partial charge in [0, 0.05) is 11.3 Å². The normalized spacial score (nSPS) is 19.8. The van der Waals surface area contributed by atoms with Crippen molar-refractivity contribution in [2.75, 3.05) is 5.73 Å². The van der Waals surface area contributed by atoms with E-state index in [4.69, 9.17) is 5.73 Å². The summed E-state index contributed by atoms with van der Waals surface area (Å²) in [5.41, 5.74) is 3.42. The molecule has 1 aliphatic rings. The van der Waals surface area contributed by atoms with Gasteiger partial charge in [0.05, 0.1) is 11.2 Å². The van der Waals surface area contributed by atoms with Crippen molar-refractivity contribution >= 4 is 5.69 Å². The van der Waals surface area contributed by atoms with Gasteiger partial charge >= 0.3 is 6.18 Å². The maximum atomic E-state index is 12.8. The second-order valence-electron chi connectivity index (χ2n) is 4.86. The number of aliphatic hydroxyl groups is 1. The average molecular weight is 259 g/mol. The molecule has 0 amide bonds. The first-order chi connectivity index (χ1) is 8.34. The van der Waals surface area contributed by atoms with E-state index in [1.54, 1.807) is 0 Å². The van der Waals surface area contributed by atoms with Gasteiger partial charge in [-0.3, -0.25) is 0 Å². The molecule has 1 aromatic rings. The molecule has 0 spiro atoms. The third-order valence-electron chi connectivity index (χ3n) is 3.59. The highest BCUT2D eigenvalue weighted by atomic mass is 19.4. The van der Waals surface area contributed by atoms with Gasteiger partial charge in [-0.2, -0.15) is 13.2 Å².